The molecule has 0 saturated heterocycles. The van der Waals surface area contributed by atoms with Crippen molar-refractivity contribution in [2.24, 2.45) is 5.10 Å². The first-order chi connectivity index (χ1) is 12.4. The summed E-state index contributed by atoms with van der Waals surface area (Å²) in [4.78, 5) is 27.9. The molecule has 0 radical (unpaired) electrons. The Morgan fingerprint density at radius 3 is 2.69 bits per heavy atom. The van der Waals surface area contributed by atoms with Gasteiger partial charge in [0, 0.05) is 25.7 Å². The highest BCUT2D eigenvalue weighted by atomic mass is 32.1. The fourth-order valence-corrected chi connectivity index (χ4v) is 2.77. The summed E-state index contributed by atoms with van der Waals surface area (Å²) in [7, 11) is 3.45. The van der Waals surface area contributed by atoms with E-state index in [2.05, 4.69) is 10.1 Å². The van der Waals surface area contributed by atoms with Crippen molar-refractivity contribution < 1.29 is 4.92 Å². The first-order valence-electron chi connectivity index (χ1n) is 7.62. The minimum Gasteiger partial charge on any atom is -0.372 e. The summed E-state index contributed by atoms with van der Waals surface area (Å²) in [6, 6.07) is 11.7. The molecule has 0 amide bonds. The van der Waals surface area contributed by atoms with Gasteiger partial charge < -0.3 is 9.88 Å². The van der Waals surface area contributed by atoms with Crippen molar-refractivity contribution in [2.45, 2.75) is 0 Å². The summed E-state index contributed by atoms with van der Waals surface area (Å²) in [6.07, 6.45) is 1.37. The molecule has 0 bridgehead atoms. The molecule has 1 aromatic heterocycles. The van der Waals surface area contributed by atoms with E-state index in [9.17, 15) is 14.9 Å². The number of aromatic amines is 1. The van der Waals surface area contributed by atoms with E-state index in [-0.39, 0.29) is 16.0 Å². The van der Waals surface area contributed by atoms with Crippen LogP contribution in [0.3, 0.4) is 0 Å². The summed E-state index contributed by atoms with van der Waals surface area (Å²) in [5.41, 5.74) is 1.18. The predicted octanol–water partition coefficient (Wildman–Crippen LogP) is 2.92. The molecule has 3 aromatic rings. The smallest absolute Gasteiger partial charge is 0.293 e. The molecule has 132 valence electrons. The van der Waals surface area contributed by atoms with Crippen LogP contribution in [0.25, 0.3) is 10.9 Å². The molecule has 0 aliphatic rings. The Labute approximate surface area is 153 Å². The van der Waals surface area contributed by atoms with Crippen LogP contribution in [-0.4, -0.2) is 34.9 Å². The van der Waals surface area contributed by atoms with Gasteiger partial charge in [-0.25, -0.2) is 0 Å². The number of anilines is 1. The lowest BCUT2D eigenvalue weighted by Crippen LogP contribution is -2.18. The molecule has 0 spiro atoms. The standard InChI is InChI=1S/C17H15N5O3S/c1-20(2)14-8-7-11(9-15(14)22(24)25)10-18-21-16(23)12-5-3-4-6-13(12)19-17(21)26/h3-10H,1-2H3,(H,19,26)/b18-10-. The zero-order chi connectivity index (χ0) is 18.8. The van der Waals surface area contributed by atoms with Crippen molar-refractivity contribution >= 4 is 40.7 Å². The molecule has 0 unspecified atom stereocenters. The number of nitro benzene ring substituents is 1. The number of nitro groups is 1. The molecule has 1 heterocycles. The Balaban J connectivity index is 2.07. The lowest BCUT2D eigenvalue weighted by Gasteiger charge is -2.12. The minimum absolute atomic E-state index is 0.0463. The van der Waals surface area contributed by atoms with Crippen LogP contribution in [0, 0.1) is 14.9 Å². The van der Waals surface area contributed by atoms with Gasteiger partial charge in [0.2, 0.25) is 4.77 Å². The van der Waals surface area contributed by atoms with Gasteiger partial charge in [0.25, 0.3) is 11.2 Å². The first-order valence-corrected chi connectivity index (χ1v) is 8.03. The van der Waals surface area contributed by atoms with Gasteiger partial charge in [-0.15, -0.1) is 0 Å². The van der Waals surface area contributed by atoms with Crippen molar-refractivity contribution in [3.63, 3.8) is 0 Å². The van der Waals surface area contributed by atoms with Gasteiger partial charge in [0.05, 0.1) is 22.0 Å². The van der Waals surface area contributed by atoms with Crippen molar-refractivity contribution in [1.29, 1.82) is 0 Å². The SMILES string of the molecule is CN(C)c1ccc(/C=N\n2c(=S)[nH]c3ccccc3c2=O)cc1[N+](=O)[O-]. The van der Waals surface area contributed by atoms with E-state index < -0.39 is 4.92 Å². The van der Waals surface area contributed by atoms with E-state index in [1.165, 1.54) is 12.3 Å². The fraction of sp³-hybridized carbons (Fsp3) is 0.118. The Kier molecular flexibility index (Phi) is 4.63. The molecular weight excluding hydrogens is 354 g/mol. The number of hydrogen-bond donors (Lipinski definition) is 1. The van der Waals surface area contributed by atoms with Gasteiger partial charge in [0.1, 0.15) is 5.69 Å². The second-order valence-electron chi connectivity index (χ2n) is 5.74. The van der Waals surface area contributed by atoms with E-state index in [1.807, 2.05) is 0 Å². The van der Waals surface area contributed by atoms with Crippen LogP contribution in [0.4, 0.5) is 11.4 Å². The Bertz CT molecular complexity index is 1150. The second-order valence-corrected chi connectivity index (χ2v) is 6.12. The topological polar surface area (TPSA) is 96.5 Å². The number of rotatable bonds is 4. The molecular formula is C17H15N5O3S. The van der Waals surface area contributed by atoms with Crippen molar-refractivity contribution in [3.8, 4) is 0 Å². The van der Waals surface area contributed by atoms with Crippen LogP contribution < -0.4 is 10.5 Å². The van der Waals surface area contributed by atoms with Crippen molar-refractivity contribution in [2.75, 3.05) is 19.0 Å². The second kappa shape index (κ2) is 6.89. The number of aromatic nitrogens is 2. The van der Waals surface area contributed by atoms with Gasteiger partial charge in [-0.2, -0.15) is 9.78 Å². The number of nitrogens with one attached hydrogen (secondary N) is 1. The minimum atomic E-state index is -0.457. The van der Waals surface area contributed by atoms with Gasteiger partial charge in [-0.1, -0.05) is 18.2 Å². The maximum Gasteiger partial charge on any atom is 0.293 e. The summed E-state index contributed by atoms with van der Waals surface area (Å²) < 4.78 is 1.20. The molecule has 1 N–H and O–H groups in total. The lowest BCUT2D eigenvalue weighted by atomic mass is 10.2. The van der Waals surface area contributed by atoms with Gasteiger partial charge >= 0.3 is 0 Å². The number of para-hydroxylation sites is 1. The first kappa shape index (κ1) is 17.5. The molecule has 0 fully saturated rings. The average Bonchev–Trinajstić information content (AvgIpc) is 2.61. The Morgan fingerprint density at radius 1 is 1.27 bits per heavy atom. The van der Waals surface area contributed by atoms with E-state index in [4.69, 9.17) is 12.2 Å². The summed E-state index contributed by atoms with van der Waals surface area (Å²) in [5.74, 6) is 0. The maximum atomic E-state index is 12.5. The average molecular weight is 369 g/mol. The summed E-state index contributed by atoms with van der Waals surface area (Å²) >= 11 is 5.18. The summed E-state index contributed by atoms with van der Waals surface area (Å²) in [5, 5.41) is 15.8. The molecule has 0 atom stereocenters. The van der Waals surface area contributed by atoms with E-state index in [0.717, 1.165) is 4.68 Å². The lowest BCUT2D eigenvalue weighted by molar-refractivity contribution is -0.384. The number of hydrogen-bond acceptors (Lipinski definition) is 6. The number of benzene rings is 2. The third kappa shape index (κ3) is 3.24. The Hall–Kier alpha value is -3.33. The highest BCUT2D eigenvalue weighted by Crippen LogP contribution is 2.27. The quantitative estimate of drug-likeness (QED) is 0.330. The van der Waals surface area contributed by atoms with E-state index in [1.54, 1.807) is 55.4 Å². The van der Waals surface area contributed by atoms with Crippen molar-refractivity contribution in [3.05, 3.63) is 73.3 Å². The predicted molar refractivity (Wildman–Crippen MR) is 104 cm³/mol. The molecule has 2 aromatic carbocycles. The number of nitrogens with zero attached hydrogens (tertiary/aromatic N) is 4. The van der Waals surface area contributed by atoms with Crippen LogP contribution >= 0.6 is 12.2 Å². The zero-order valence-corrected chi connectivity index (χ0v) is 14.9. The molecule has 8 nitrogen and oxygen atoms in total. The zero-order valence-electron chi connectivity index (χ0n) is 14.0. The van der Waals surface area contributed by atoms with E-state index in [0.29, 0.717) is 22.2 Å². The maximum absolute atomic E-state index is 12.5. The molecule has 0 aliphatic carbocycles. The van der Waals surface area contributed by atoms with E-state index >= 15 is 0 Å². The fourth-order valence-electron chi connectivity index (χ4n) is 2.53. The third-order valence-electron chi connectivity index (χ3n) is 3.78. The van der Waals surface area contributed by atoms with Crippen LogP contribution in [0.1, 0.15) is 5.56 Å². The van der Waals surface area contributed by atoms with Gasteiger partial charge in [-0.3, -0.25) is 14.9 Å². The number of H-pyrrole nitrogens is 1. The summed E-state index contributed by atoms with van der Waals surface area (Å²) in [6.45, 7) is 0. The van der Waals surface area contributed by atoms with Crippen LogP contribution in [0.15, 0.2) is 52.4 Å². The molecule has 3 rings (SSSR count). The molecule has 0 saturated carbocycles. The highest BCUT2D eigenvalue weighted by molar-refractivity contribution is 7.71. The molecule has 26 heavy (non-hydrogen) atoms. The monoisotopic (exact) mass is 369 g/mol. The molecule has 9 heteroatoms. The number of fused-ring (bicyclic) bond motifs is 1. The normalized spacial score (nSPS) is 11.2. The molecule has 0 aliphatic heterocycles. The van der Waals surface area contributed by atoms with Crippen LogP contribution in [0.5, 0.6) is 0 Å². The third-order valence-corrected chi connectivity index (χ3v) is 4.06. The van der Waals surface area contributed by atoms with Crippen LogP contribution in [-0.2, 0) is 0 Å². The van der Waals surface area contributed by atoms with Gasteiger partial charge in [0.15, 0.2) is 0 Å². The Morgan fingerprint density at radius 2 is 2.00 bits per heavy atom. The van der Waals surface area contributed by atoms with Crippen molar-refractivity contribution in [1.82, 2.24) is 9.66 Å². The highest BCUT2D eigenvalue weighted by Gasteiger charge is 2.15. The van der Waals surface area contributed by atoms with Crippen LogP contribution in [0.2, 0.25) is 0 Å². The largest absolute Gasteiger partial charge is 0.372 e. The van der Waals surface area contributed by atoms with Gasteiger partial charge in [-0.05, 0) is 30.4 Å².